The van der Waals surface area contributed by atoms with E-state index in [1.807, 2.05) is 55.5 Å². The minimum atomic E-state index is -0.368. The van der Waals surface area contributed by atoms with Gasteiger partial charge in [0.1, 0.15) is 35.7 Å². The van der Waals surface area contributed by atoms with Gasteiger partial charge in [-0.2, -0.15) is 0 Å². The normalized spacial score (nSPS) is 14.8. The highest BCUT2D eigenvalue weighted by molar-refractivity contribution is 5.69. The van der Waals surface area contributed by atoms with E-state index in [2.05, 4.69) is 6.07 Å². The van der Waals surface area contributed by atoms with Crippen LogP contribution in [0.3, 0.4) is 0 Å². The number of ether oxygens (including phenoxy) is 4. The van der Waals surface area contributed by atoms with Crippen molar-refractivity contribution in [1.82, 2.24) is 0 Å². The molecular formula is C26H26O5. The van der Waals surface area contributed by atoms with Gasteiger partial charge in [0.15, 0.2) is 0 Å². The predicted molar refractivity (Wildman–Crippen MR) is 118 cm³/mol. The van der Waals surface area contributed by atoms with Crippen LogP contribution < -0.4 is 18.9 Å². The summed E-state index contributed by atoms with van der Waals surface area (Å²) in [6, 6.07) is 21.4. The monoisotopic (exact) mass is 418 g/mol. The molecule has 4 rings (SSSR count). The summed E-state index contributed by atoms with van der Waals surface area (Å²) >= 11 is 0. The van der Waals surface area contributed by atoms with Crippen molar-refractivity contribution in [2.75, 3.05) is 6.61 Å². The largest absolute Gasteiger partial charge is 0.494 e. The Morgan fingerprint density at radius 3 is 2.58 bits per heavy atom. The van der Waals surface area contributed by atoms with Crippen LogP contribution in [0.25, 0.3) is 0 Å². The molecule has 0 fully saturated rings. The number of aryl methyl sites for hydroxylation is 1. The maximum absolute atomic E-state index is 11.4. The Balaban J connectivity index is 1.60. The zero-order chi connectivity index (χ0) is 21.6. The van der Waals surface area contributed by atoms with Crippen LogP contribution in [0.2, 0.25) is 0 Å². The average molecular weight is 418 g/mol. The van der Waals surface area contributed by atoms with Crippen LogP contribution in [0.1, 0.15) is 43.1 Å². The summed E-state index contributed by atoms with van der Waals surface area (Å²) in [5, 5.41) is 0. The van der Waals surface area contributed by atoms with Crippen LogP contribution >= 0.6 is 0 Å². The van der Waals surface area contributed by atoms with E-state index in [4.69, 9.17) is 18.9 Å². The Morgan fingerprint density at radius 1 is 1.00 bits per heavy atom. The molecule has 0 bridgehead atoms. The lowest BCUT2D eigenvalue weighted by atomic mass is 9.96. The van der Waals surface area contributed by atoms with Crippen molar-refractivity contribution in [3.8, 4) is 23.0 Å². The quantitative estimate of drug-likeness (QED) is 0.366. The topological polar surface area (TPSA) is 54.0 Å². The molecule has 31 heavy (non-hydrogen) atoms. The third kappa shape index (κ3) is 5.18. The molecule has 5 heteroatoms. The highest BCUT2D eigenvalue weighted by atomic mass is 16.5. The van der Waals surface area contributed by atoms with E-state index in [0.29, 0.717) is 24.7 Å². The lowest BCUT2D eigenvalue weighted by Crippen LogP contribution is -2.16. The fourth-order valence-electron chi connectivity index (χ4n) is 3.70. The summed E-state index contributed by atoms with van der Waals surface area (Å²) in [5.41, 5.74) is 3.16. The number of fused-ring (bicyclic) bond motifs is 1. The number of hydrogen-bond donors (Lipinski definition) is 0. The molecule has 1 unspecified atom stereocenters. The smallest absolute Gasteiger partial charge is 0.308 e. The second-order valence-corrected chi connectivity index (χ2v) is 7.42. The second-order valence-electron chi connectivity index (χ2n) is 7.42. The molecule has 0 aliphatic carbocycles. The van der Waals surface area contributed by atoms with Crippen molar-refractivity contribution in [3.63, 3.8) is 0 Å². The zero-order valence-electron chi connectivity index (χ0n) is 17.8. The number of rotatable bonds is 7. The van der Waals surface area contributed by atoms with Gasteiger partial charge < -0.3 is 18.9 Å². The fourth-order valence-corrected chi connectivity index (χ4v) is 3.70. The Morgan fingerprint density at radius 2 is 1.81 bits per heavy atom. The van der Waals surface area contributed by atoms with Gasteiger partial charge >= 0.3 is 5.97 Å². The number of carbonyl (C=O) groups is 1. The van der Waals surface area contributed by atoms with Crippen LogP contribution in [-0.4, -0.2) is 12.6 Å². The molecule has 0 saturated heterocycles. The average Bonchev–Trinajstić information content (AvgIpc) is 2.78. The molecule has 0 N–H and O–H groups in total. The minimum absolute atomic E-state index is 0.165. The van der Waals surface area contributed by atoms with Gasteiger partial charge in [-0.05, 0) is 49.1 Å². The van der Waals surface area contributed by atoms with E-state index in [9.17, 15) is 4.79 Å². The third-order valence-electron chi connectivity index (χ3n) is 5.13. The van der Waals surface area contributed by atoms with Crippen LogP contribution in [-0.2, 0) is 17.8 Å². The summed E-state index contributed by atoms with van der Waals surface area (Å²) in [6.45, 7) is 4.37. The van der Waals surface area contributed by atoms with E-state index in [-0.39, 0.29) is 12.1 Å². The first-order valence-electron chi connectivity index (χ1n) is 10.5. The molecule has 1 heterocycles. The Bertz CT molecular complexity index is 1040. The van der Waals surface area contributed by atoms with E-state index >= 15 is 0 Å². The maximum Gasteiger partial charge on any atom is 0.308 e. The third-order valence-corrected chi connectivity index (χ3v) is 5.13. The lowest BCUT2D eigenvalue weighted by molar-refractivity contribution is -0.131. The number of hydrogen-bond acceptors (Lipinski definition) is 5. The molecule has 1 atom stereocenters. The van der Waals surface area contributed by atoms with Crippen molar-refractivity contribution in [3.05, 3.63) is 83.4 Å². The summed E-state index contributed by atoms with van der Waals surface area (Å²) in [7, 11) is 0. The summed E-state index contributed by atoms with van der Waals surface area (Å²) in [6.07, 6.45) is 1.56. The van der Waals surface area contributed by atoms with Crippen LogP contribution in [0.5, 0.6) is 23.0 Å². The first-order valence-corrected chi connectivity index (χ1v) is 10.5. The standard InChI is InChI=1S/C26H26O5/c1-3-28-21-11-9-20-10-14-24(31-25(20)15-21)23-13-12-22(30-18(2)27)16-26(23)29-17-19-7-5-4-6-8-19/h4-9,11-13,15-16,24H,3,10,14,17H2,1-2H3. The van der Waals surface area contributed by atoms with Crippen molar-refractivity contribution < 1.29 is 23.7 Å². The van der Waals surface area contributed by atoms with Crippen molar-refractivity contribution in [1.29, 1.82) is 0 Å². The van der Waals surface area contributed by atoms with E-state index in [1.54, 1.807) is 12.1 Å². The van der Waals surface area contributed by atoms with Gasteiger partial charge in [-0.1, -0.05) is 36.4 Å². The molecule has 0 amide bonds. The number of benzene rings is 3. The molecule has 1 aliphatic rings. The fraction of sp³-hybridized carbons (Fsp3) is 0.269. The Hall–Kier alpha value is -3.47. The molecule has 160 valence electrons. The van der Waals surface area contributed by atoms with E-state index < -0.39 is 0 Å². The van der Waals surface area contributed by atoms with E-state index in [1.165, 1.54) is 12.5 Å². The van der Waals surface area contributed by atoms with Crippen LogP contribution in [0.4, 0.5) is 0 Å². The Labute approximate surface area is 182 Å². The molecule has 0 radical (unpaired) electrons. The van der Waals surface area contributed by atoms with Gasteiger partial charge in [0.25, 0.3) is 0 Å². The SMILES string of the molecule is CCOc1ccc2c(c1)OC(c1ccc(OC(C)=O)cc1OCc1ccccc1)CC2. The molecule has 0 spiro atoms. The van der Waals surface area contributed by atoms with Crippen molar-refractivity contribution >= 4 is 5.97 Å². The molecule has 0 aromatic heterocycles. The molecular weight excluding hydrogens is 392 g/mol. The van der Waals surface area contributed by atoms with Crippen LogP contribution in [0, 0.1) is 0 Å². The van der Waals surface area contributed by atoms with Gasteiger partial charge in [-0.15, -0.1) is 0 Å². The summed E-state index contributed by atoms with van der Waals surface area (Å²) in [5.74, 6) is 2.37. The second kappa shape index (κ2) is 9.56. The molecule has 5 nitrogen and oxygen atoms in total. The zero-order valence-corrected chi connectivity index (χ0v) is 17.8. The predicted octanol–water partition coefficient (Wildman–Crippen LogP) is 5.66. The Kier molecular flexibility index (Phi) is 6.41. The summed E-state index contributed by atoms with van der Waals surface area (Å²) in [4.78, 5) is 11.4. The molecule has 3 aromatic carbocycles. The first kappa shape index (κ1) is 20.8. The van der Waals surface area contributed by atoms with Gasteiger partial charge in [-0.25, -0.2) is 0 Å². The number of esters is 1. The number of carbonyl (C=O) groups excluding carboxylic acids is 1. The maximum atomic E-state index is 11.4. The molecule has 0 saturated carbocycles. The highest BCUT2D eigenvalue weighted by Gasteiger charge is 2.25. The van der Waals surface area contributed by atoms with Crippen molar-refractivity contribution in [2.45, 2.75) is 39.4 Å². The highest BCUT2D eigenvalue weighted by Crippen LogP contribution is 2.41. The van der Waals surface area contributed by atoms with Gasteiger partial charge in [0.05, 0.1) is 6.61 Å². The first-order chi connectivity index (χ1) is 15.1. The van der Waals surface area contributed by atoms with E-state index in [0.717, 1.165) is 35.5 Å². The van der Waals surface area contributed by atoms with Gasteiger partial charge in [0, 0.05) is 24.6 Å². The minimum Gasteiger partial charge on any atom is -0.494 e. The summed E-state index contributed by atoms with van der Waals surface area (Å²) < 4.78 is 23.4. The molecule has 3 aromatic rings. The van der Waals surface area contributed by atoms with Crippen molar-refractivity contribution in [2.24, 2.45) is 0 Å². The van der Waals surface area contributed by atoms with Crippen LogP contribution in [0.15, 0.2) is 66.7 Å². The van der Waals surface area contributed by atoms with Gasteiger partial charge in [0.2, 0.25) is 0 Å². The molecule has 1 aliphatic heterocycles. The van der Waals surface area contributed by atoms with Gasteiger partial charge in [-0.3, -0.25) is 4.79 Å². The lowest BCUT2D eigenvalue weighted by Gasteiger charge is -2.28.